The zero-order valence-electron chi connectivity index (χ0n) is 11.3. The molecule has 0 saturated heterocycles. The molecule has 3 rings (SSSR count). The van der Waals surface area contributed by atoms with Gasteiger partial charge < -0.3 is 11.1 Å². The minimum Gasteiger partial charge on any atom is -0.399 e. The lowest BCUT2D eigenvalue weighted by Gasteiger charge is -2.07. The van der Waals surface area contributed by atoms with Crippen LogP contribution in [0.2, 0.25) is 0 Å². The lowest BCUT2D eigenvalue weighted by atomic mass is 10.2. The number of nitrogen functional groups attached to an aromatic ring is 1. The third kappa shape index (κ3) is 2.58. The molecule has 5 heteroatoms. The molecule has 0 bridgehead atoms. The molecule has 2 aromatic heterocycles. The number of fused-ring (bicyclic) bond motifs is 1. The molecule has 0 unspecified atom stereocenters. The lowest BCUT2D eigenvalue weighted by Crippen LogP contribution is -2.01. The molecule has 0 aliphatic heterocycles. The van der Waals surface area contributed by atoms with Gasteiger partial charge in [-0.1, -0.05) is 6.92 Å². The molecular formula is C15H16N4S. The molecule has 0 aliphatic rings. The fourth-order valence-electron chi connectivity index (χ4n) is 2.09. The van der Waals surface area contributed by atoms with Crippen LogP contribution in [0.4, 0.5) is 11.5 Å². The minimum absolute atomic E-state index is 0.716. The number of nitrogens with one attached hydrogen (secondary N) is 1. The fraction of sp³-hybridized carbons (Fsp3) is 0.200. The summed E-state index contributed by atoms with van der Waals surface area (Å²) in [5, 5.41) is 4.37. The zero-order valence-corrected chi connectivity index (χ0v) is 12.1. The summed E-state index contributed by atoms with van der Waals surface area (Å²) in [5.41, 5.74) is 7.36. The van der Waals surface area contributed by atoms with Crippen molar-refractivity contribution in [1.29, 1.82) is 0 Å². The van der Waals surface area contributed by atoms with Crippen LogP contribution in [0.15, 0.2) is 36.7 Å². The van der Waals surface area contributed by atoms with Crippen molar-refractivity contribution in [3.63, 3.8) is 0 Å². The standard InChI is InChI=1S/C15H16N4S/c1-2-11-4-5-12(20-11)8-17-15-13-6-3-10(16)7-14(13)18-9-19-15/h3-7,9H,2,8,16H2,1H3,(H,17,18,19). The number of rotatable bonds is 4. The number of aryl methyl sites for hydroxylation is 1. The van der Waals surface area contributed by atoms with E-state index in [9.17, 15) is 0 Å². The van der Waals surface area contributed by atoms with Gasteiger partial charge in [0.1, 0.15) is 12.1 Å². The quantitative estimate of drug-likeness (QED) is 0.720. The third-order valence-electron chi connectivity index (χ3n) is 3.16. The molecule has 102 valence electrons. The largest absolute Gasteiger partial charge is 0.399 e. The Balaban J connectivity index is 1.83. The van der Waals surface area contributed by atoms with Gasteiger partial charge in [-0.2, -0.15) is 0 Å². The number of nitrogens with two attached hydrogens (primary N) is 1. The van der Waals surface area contributed by atoms with E-state index >= 15 is 0 Å². The van der Waals surface area contributed by atoms with Crippen molar-refractivity contribution < 1.29 is 0 Å². The van der Waals surface area contributed by atoms with E-state index in [0.29, 0.717) is 5.69 Å². The summed E-state index contributed by atoms with van der Waals surface area (Å²) in [6, 6.07) is 10.0. The number of nitrogens with zero attached hydrogens (tertiary/aromatic N) is 2. The van der Waals surface area contributed by atoms with Crippen molar-refractivity contribution in [3.8, 4) is 0 Å². The predicted molar refractivity (Wildman–Crippen MR) is 85.0 cm³/mol. The van der Waals surface area contributed by atoms with Crippen molar-refractivity contribution in [2.24, 2.45) is 0 Å². The summed E-state index contributed by atoms with van der Waals surface area (Å²) < 4.78 is 0. The maximum atomic E-state index is 5.78. The number of anilines is 2. The van der Waals surface area contributed by atoms with Gasteiger partial charge in [-0.25, -0.2) is 9.97 Å². The molecule has 3 aromatic rings. The highest BCUT2D eigenvalue weighted by molar-refractivity contribution is 7.12. The normalized spacial score (nSPS) is 10.8. The summed E-state index contributed by atoms with van der Waals surface area (Å²) >= 11 is 1.83. The molecule has 2 heterocycles. The van der Waals surface area contributed by atoms with Gasteiger partial charge in [-0.15, -0.1) is 11.3 Å². The van der Waals surface area contributed by atoms with Crippen LogP contribution >= 0.6 is 11.3 Å². The summed E-state index contributed by atoms with van der Waals surface area (Å²) in [5.74, 6) is 0.849. The summed E-state index contributed by atoms with van der Waals surface area (Å²) in [6.45, 7) is 2.95. The monoisotopic (exact) mass is 284 g/mol. The van der Waals surface area contributed by atoms with Crippen molar-refractivity contribution in [2.45, 2.75) is 19.9 Å². The van der Waals surface area contributed by atoms with Crippen LogP contribution in [0.3, 0.4) is 0 Å². The van der Waals surface area contributed by atoms with Crippen LogP contribution in [-0.2, 0) is 13.0 Å². The first-order chi connectivity index (χ1) is 9.76. The van der Waals surface area contributed by atoms with E-state index in [4.69, 9.17) is 5.73 Å². The van der Waals surface area contributed by atoms with E-state index in [0.717, 1.165) is 29.7 Å². The zero-order chi connectivity index (χ0) is 13.9. The Kier molecular flexibility index (Phi) is 3.52. The molecule has 0 amide bonds. The maximum absolute atomic E-state index is 5.78. The van der Waals surface area contributed by atoms with E-state index in [-0.39, 0.29) is 0 Å². The molecule has 0 fully saturated rings. The van der Waals surface area contributed by atoms with Crippen molar-refractivity contribution in [1.82, 2.24) is 9.97 Å². The number of aromatic nitrogens is 2. The highest BCUT2D eigenvalue weighted by Crippen LogP contribution is 2.23. The second-order valence-electron chi connectivity index (χ2n) is 4.57. The van der Waals surface area contributed by atoms with Gasteiger partial charge in [-0.05, 0) is 36.8 Å². The molecule has 0 spiro atoms. The van der Waals surface area contributed by atoms with Gasteiger partial charge in [0.15, 0.2) is 0 Å². The van der Waals surface area contributed by atoms with Crippen LogP contribution < -0.4 is 11.1 Å². The van der Waals surface area contributed by atoms with E-state index in [1.54, 1.807) is 6.33 Å². The van der Waals surface area contributed by atoms with Crippen molar-refractivity contribution >= 4 is 33.7 Å². The fourth-order valence-corrected chi connectivity index (χ4v) is 2.99. The van der Waals surface area contributed by atoms with Crippen LogP contribution in [0.1, 0.15) is 16.7 Å². The molecule has 1 aromatic carbocycles. The molecule has 0 aliphatic carbocycles. The Morgan fingerprint density at radius 3 is 2.80 bits per heavy atom. The maximum Gasteiger partial charge on any atom is 0.137 e. The third-order valence-corrected chi connectivity index (χ3v) is 4.39. The first-order valence-corrected chi connectivity index (χ1v) is 7.39. The number of hydrogen-bond donors (Lipinski definition) is 2. The first-order valence-electron chi connectivity index (χ1n) is 6.58. The highest BCUT2D eigenvalue weighted by Gasteiger charge is 2.04. The van der Waals surface area contributed by atoms with Crippen LogP contribution in [-0.4, -0.2) is 9.97 Å². The molecule has 20 heavy (non-hydrogen) atoms. The highest BCUT2D eigenvalue weighted by atomic mass is 32.1. The second-order valence-corrected chi connectivity index (χ2v) is 5.83. The van der Waals surface area contributed by atoms with Crippen molar-refractivity contribution in [2.75, 3.05) is 11.1 Å². The molecule has 4 nitrogen and oxygen atoms in total. The number of benzene rings is 1. The van der Waals surface area contributed by atoms with Crippen molar-refractivity contribution in [3.05, 3.63) is 46.4 Å². The molecule has 0 atom stereocenters. The predicted octanol–water partition coefficient (Wildman–Crippen LogP) is 3.45. The Bertz CT molecular complexity index is 736. The average Bonchev–Trinajstić information content (AvgIpc) is 2.92. The molecule has 3 N–H and O–H groups in total. The molecule has 0 saturated carbocycles. The van der Waals surface area contributed by atoms with Gasteiger partial charge in [0.25, 0.3) is 0 Å². The Morgan fingerprint density at radius 1 is 1.15 bits per heavy atom. The second kappa shape index (κ2) is 5.46. The Hall–Kier alpha value is -2.14. The van der Waals surface area contributed by atoms with Crippen LogP contribution in [0, 0.1) is 0 Å². The summed E-state index contributed by atoms with van der Waals surface area (Å²) in [4.78, 5) is 11.3. The number of thiophene rings is 1. The summed E-state index contributed by atoms with van der Waals surface area (Å²) in [6.07, 6.45) is 2.65. The molecule has 0 radical (unpaired) electrons. The Labute approximate surface area is 121 Å². The topological polar surface area (TPSA) is 63.8 Å². The van der Waals surface area contributed by atoms with E-state index in [2.05, 4.69) is 34.3 Å². The van der Waals surface area contributed by atoms with Gasteiger partial charge in [-0.3, -0.25) is 0 Å². The van der Waals surface area contributed by atoms with Gasteiger partial charge >= 0.3 is 0 Å². The van der Waals surface area contributed by atoms with E-state index < -0.39 is 0 Å². The summed E-state index contributed by atoms with van der Waals surface area (Å²) in [7, 11) is 0. The van der Waals surface area contributed by atoms with Gasteiger partial charge in [0.2, 0.25) is 0 Å². The van der Waals surface area contributed by atoms with E-state index in [1.165, 1.54) is 9.75 Å². The van der Waals surface area contributed by atoms with Crippen LogP contribution in [0.25, 0.3) is 10.9 Å². The SMILES string of the molecule is CCc1ccc(CNc2ncnc3cc(N)ccc23)s1. The lowest BCUT2D eigenvalue weighted by molar-refractivity contribution is 1.13. The smallest absolute Gasteiger partial charge is 0.137 e. The average molecular weight is 284 g/mol. The Morgan fingerprint density at radius 2 is 2.00 bits per heavy atom. The molecular weight excluding hydrogens is 268 g/mol. The first kappa shape index (κ1) is 12.9. The van der Waals surface area contributed by atoms with Gasteiger partial charge in [0.05, 0.1) is 12.1 Å². The van der Waals surface area contributed by atoms with Gasteiger partial charge in [0, 0.05) is 20.8 Å². The minimum atomic E-state index is 0.716. The number of hydrogen-bond acceptors (Lipinski definition) is 5. The van der Waals surface area contributed by atoms with Crippen LogP contribution in [0.5, 0.6) is 0 Å². The van der Waals surface area contributed by atoms with E-state index in [1.807, 2.05) is 29.5 Å².